The molecule has 4 heterocycles. The zero-order chi connectivity index (χ0) is 71.3. The summed E-state index contributed by atoms with van der Waals surface area (Å²) >= 11 is 0. The predicted octanol–water partition coefficient (Wildman–Crippen LogP) is 12.6. The molecule has 0 saturated carbocycles. The largest absolute Gasteiger partial charge is 0.460 e. The monoisotopic (exact) mass is 1330 g/mol. The van der Waals surface area contributed by atoms with Gasteiger partial charge in [0.1, 0.15) is 70.8 Å². The Bertz CT molecular complexity index is 5040. The molecule has 4 aromatic heterocycles. The fourth-order valence-electron chi connectivity index (χ4n) is 8.41. The standard InChI is InChI=1S/2C21H16O6.C19H14O4.C14H16O7/c1-12(2)20(23)26-17-7-6-14-9-16(5-4-15(14)10-17)21(24)27-18-8-13(3)25-19(22)11-18;1-12(2)20(23)26-17-7-6-14-4-5-15(9-16(14)10-17)21(24)27-18-8-13(3)25-19(22)11-18;1-3-13-4-5-14-6-7-15(10-16(14)9-13)19(21)23-17-8-12(2)22-18(20)11-17;1-9(2)14(17)19-5-4-18-8-13(16)21-11-6-10(3)20-12(15)7-11/h2*4-11H,1H2,2-3H3;3-11H,1H2,2H3;6-7H,1,4-5,8H2,2-3H3. The first-order valence-corrected chi connectivity index (χ1v) is 29.3. The Morgan fingerprint density at radius 2 is 0.694 bits per heavy atom. The molecule has 0 N–H and O–H groups in total. The van der Waals surface area contributed by atoms with Gasteiger partial charge in [-0.25, -0.2) is 52.7 Å². The number of ether oxygens (including phenoxy) is 8. The first-order valence-electron chi connectivity index (χ1n) is 29.3. The highest BCUT2D eigenvalue weighted by Gasteiger charge is 2.17. The van der Waals surface area contributed by atoms with E-state index in [0.29, 0.717) is 56.6 Å². The van der Waals surface area contributed by atoms with E-state index in [1.807, 2.05) is 24.3 Å². The fraction of sp³-hybridized carbons (Fsp3) is 0.133. The van der Waals surface area contributed by atoms with Gasteiger partial charge in [-0.2, -0.15) is 0 Å². The van der Waals surface area contributed by atoms with Crippen molar-refractivity contribution < 1.29 is 89.1 Å². The van der Waals surface area contributed by atoms with E-state index in [1.165, 1.54) is 31.2 Å². The molecule has 0 amide bonds. The molecule has 0 atom stereocenters. The maximum Gasteiger partial charge on any atom is 0.343 e. The Morgan fingerprint density at radius 3 is 1.09 bits per heavy atom. The molecule has 0 aliphatic carbocycles. The van der Waals surface area contributed by atoms with Crippen molar-refractivity contribution in [2.45, 2.75) is 48.5 Å². The van der Waals surface area contributed by atoms with Crippen LogP contribution >= 0.6 is 0 Å². The van der Waals surface area contributed by atoms with Crippen LogP contribution in [0.25, 0.3) is 38.4 Å². The van der Waals surface area contributed by atoms with E-state index in [9.17, 15) is 52.7 Å². The number of carbonyl (C=O) groups excluding carboxylic acids is 7. The van der Waals surface area contributed by atoms with Crippen LogP contribution in [0.4, 0.5) is 0 Å². The number of esters is 7. The van der Waals surface area contributed by atoms with E-state index in [4.69, 9.17) is 55.6 Å². The Kier molecular flexibility index (Phi) is 25.0. The van der Waals surface area contributed by atoms with Crippen molar-refractivity contribution in [2.75, 3.05) is 19.8 Å². The summed E-state index contributed by atoms with van der Waals surface area (Å²) in [5, 5.41) is 5.04. The van der Waals surface area contributed by atoms with Gasteiger partial charge in [0.2, 0.25) is 0 Å². The van der Waals surface area contributed by atoms with Crippen molar-refractivity contribution in [3.8, 4) is 34.5 Å². The van der Waals surface area contributed by atoms with Crippen LogP contribution in [0.5, 0.6) is 34.5 Å². The van der Waals surface area contributed by atoms with E-state index in [2.05, 4.69) is 26.3 Å². The second-order valence-electron chi connectivity index (χ2n) is 21.3. The molecule has 0 radical (unpaired) electrons. The summed E-state index contributed by atoms with van der Waals surface area (Å²) in [6.45, 7) is 25.0. The summed E-state index contributed by atoms with van der Waals surface area (Å²) in [7, 11) is 0. The minimum absolute atomic E-state index is 0.00695. The Hall–Kier alpha value is -12.9. The summed E-state index contributed by atoms with van der Waals surface area (Å²) < 4.78 is 60.0. The molecular weight excluding hydrogens is 1270 g/mol. The van der Waals surface area contributed by atoms with E-state index in [-0.39, 0.29) is 59.5 Å². The number of hydrogen-bond donors (Lipinski definition) is 0. The highest BCUT2D eigenvalue weighted by atomic mass is 16.6. The average Bonchev–Trinajstić information content (AvgIpc) is 0.827. The minimum atomic E-state index is -0.675. The Labute approximate surface area is 557 Å². The molecule has 0 aliphatic heterocycles. The smallest absolute Gasteiger partial charge is 0.343 e. The highest BCUT2D eigenvalue weighted by Crippen LogP contribution is 2.27. The van der Waals surface area contributed by atoms with E-state index < -0.39 is 64.3 Å². The Balaban J connectivity index is 0.000000185. The number of benzene rings is 6. The molecule has 0 spiro atoms. The van der Waals surface area contributed by atoms with Gasteiger partial charge >= 0.3 is 64.3 Å². The van der Waals surface area contributed by atoms with Crippen molar-refractivity contribution in [1.82, 2.24) is 0 Å². The van der Waals surface area contributed by atoms with Gasteiger partial charge in [-0.1, -0.05) is 74.9 Å². The van der Waals surface area contributed by atoms with Crippen LogP contribution in [0, 0.1) is 27.7 Å². The zero-order valence-electron chi connectivity index (χ0n) is 53.9. The van der Waals surface area contributed by atoms with Gasteiger partial charge < -0.3 is 55.6 Å². The van der Waals surface area contributed by atoms with Crippen LogP contribution in [0.15, 0.2) is 238 Å². The van der Waals surface area contributed by atoms with Gasteiger partial charge in [0.05, 0.1) is 47.6 Å². The molecule has 98 heavy (non-hydrogen) atoms. The molecule has 500 valence electrons. The van der Waals surface area contributed by atoms with Gasteiger partial charge in [0.15, 0.2) is 0 Å². The maximum atomic E-state index is 12.4. The number of rotatable bonds is 18. The van der Waals surface area contributed by atoms with Gasteiger partial charge in [-0.3, -0.25) is 0 Å². The molecule has 23 heteroatoms. The number of carbonyl (C=O) groups is 7. The quantitative estimate of drug-likeness (QED) is 0.0333. The SMILES string of the molecule is C=C(C)C(=O)OCCOCC(=O)Oc1cc(C)oc(=O)c1.C=C(C)C(=O)Oc1ccc2cc(C(=O)Oc3cc(C)oc(=O)c3)ccc2c1.C=C(C)C(=O)Oc1ccc2ccc(C(=O)Oc3cc(C)oc(=O)c3)cc2c1.C=Cc1ccc2ccc(C(=O)Oc3cc(C)oc(=O)c3)cc2c1. The first kappa shape index (κ1) is 72.5. The van der Waals surface area contributed by atoms with E-state index in [1.54, 1.807) is 133 Å². The number of aryl methyl sites for hydroxylation is 4. The molecule has 10 aromatic rings. The normalized spacial score (nSPS) is 10.4. The minimum Gasteiger partial charge on any atom is -0.460 e. The van der Waals surface area contributed by atoms with Crippen molar-refractivity contribution in [2.24, 2.45) is 0 Å². The molecule has 6 aromatic carbocycles. The third-order valence-electron chi connectivity index (χ3n) is 12.9. The van der Waals surface area contributed by atoms with Gasteiger partial charge in [0.25, 0.3) is 0 Å². The molecule has 23 nitrogen and oxygen atoms in total. The fourth-order valence-corrected chi connectivity index (χ4v) is 8.41. The summed E-state index contributed by atoms with van der Waals surface area (Å²) in [6.07, 6.45) is 1.75. The lowest BCUT2D eigenvalue weighted by molar-refractivity contribution is -0.143. The van der Waals surface area contributed by atoms with Crippen LogP contribution in [0.3, 0.4) is 0 Å². The number of fused-ring (bicyclic) bond motifs is 3. The van der Waals surface area contributed by atoms with Gasteiger partial charge in [-0.15, -0.1) is 0 Å². The zero-order valence-corrected chi connectivity index (χ0v) is 53.9. The maximum absolute atomic E-state index is 12.4. The first-order chi connectivity index (χ1) is 46.6. The second-order valence-corrected chi connectivity index (χ2v) is 21.3. The van der Waals surface area contributed by atoms with E-state index >= 15 is 0 Å². The number of hydrogen-bond acceptors (Lipinski definition) is 23. The van der Waals surface area contributed by atoms with Gasteiger partial charge in [0, 0.05) is 41.0 Å². The van der Waals surface area contributed by atoms with Crippen LogP contribution in [0.1, 0.15) is 80.4 Å². The molecule has 0 fully saturated rings. The van der Waals surface area contributed by atoms with Crippen LogP contribution < -0.4 is 50.9 Å². The lowest BCUT2D eigenvalue weighted by Gasteiger charge is -2.08. The molecule has 0 saturated heterocycles. The van der Waals surface area contributed by atoms with Crippen LogP contribution in [-0.2, 0) is 28.7 Å². The Morgan fingerprint density at radius 1 is 0.357 bits per heavy atom. The lowest BCUT2D eigenvalue weighted by atomic mass is 10.0. The molecule has 10 rings (SSSR count). The summed E-state index contributed by atoms with van der Waals surface area (Å²) in [5.41, 5.74) is 0.516. The average molecular weight is 1330 g/mol. The predicted molar refractivity (Wildman–Crippen MR) is 359 cm³/mol. The van der Waals surface area contributed by atoms with Crippen LogP contribution in [-0.4, -0.2) is 61.6 Å². The highest BCUT2D eigenvalue weighted by molar-refractivity contribution is 5.99. The summed E-state index contributed by atoms with van der Waals surface area (Å²) in [4.78, 5) is 128. The molecule has 0 bridgehead atoms. The third kappa shape index (κ3) is 22.1. The lowest BCUT2D eigenvalue weighted by Crippen LogP contribution is -2.19. The van der Waals surface area contributed by atoms with Gasteiger partial charge in [-0.05, 0) is 153 Å². The molecule has 0 unspecified atom stereocenters. The molecular formula is C75H62O23. The summed E-state index contributed by atoms with van der Waals surface area (Å²) in [6, 6.07) is 41.5. The second kappa shape index (κ2) is 33.8. The van der Waals surface area contributed by atoms with Crippen molar-refractivity contribution in [3.05, 3.63) is 288 Å². The van der Waals surface area contributed by atoms with E-state index in [0.717, 1.165) is 56.8 Å². The van der Waals surface area contributed by atoms with Crippen molar-refractivity contribution in [1.29, 1.82) is 0 Å². The van der Waals surface area contributed by atoms with Crippen LogP contribution in [0.2, 0.25) is 0 Å². The molecule has 0 aliphatic rings. The van der Waals surface area contributed by atoms with Crippen molar-refractivity contribution >= 4 is 80.2 Å². The third-order valence-corrected chi connectivity index (χ3v) is 12.9. The summed E-state index contributed by atoms with van der Waals surface area (Å²) in [5.74, 6) is -1.34. The topological polar surface area (TPSA) is 314 Å². The van der Waals surface area contributed by atoms with Crippen molar-refractivity contribution in [3.63, 3.8) is 0 Å².